The van der Waals surface area contributed by atoms with Gasteiger partial charge in [-0.05, 0) is 26.0 Å². The molecule has 17 heavy (non-hydrogen) atoms. The molecule has 0 saturated carbocycles. The van der Waals surface area contributed by atoms with Gasteiger partial charge in [0.1, 0.15) is 0 Å². The van der Waals surface area contributed by atoms with Crippen LogP contribution in [-0.4, -0.2) is 14.5 Å². The zero-order valence-corrected chi connectivity index (χ0v) is 10.6. The number of imidazole rings is 1. The normalized spacial score (nSPS) is 10.8. The van der Waals surface area contributed by atoms with Crippen molar-refractivity contribution in [3.63, 3.8) is 0 Å². The minimum atomic E-state index is 0.402. The van der Waals surface area contributed by atoms with Gasteiger partial charge in [0.05, 0.1) is 24.3 Å². The zero-order valence-electron chi connectivity index (χ0n) is 9.89. The van der Waals surface area contributed by atoms with Crippen molar-refractivity contribution in [1.82, 2.24) is 14.5 Å². The summed E-state index contributed by atoms with van der Waals surface area (Å²) < 4.78 is 2.12. The van der Waals surface area contributed by atoms with Crippen molar-refractivity contribution in [1.29, 1.82) is 0 Å². The van der Waals surface area contributed by atoms with Crippen molar-refractivity contribution >= 4 is 17.3 Å². The van der Waals surface area contributed by atoms with Crippen LogP contribution in [0.3, 0.4) is 0 Å². The molecule has 4 nitrogen and oxygen atoms in total. The maximum absolute atomic E-state index is 5.97. The first-order valence-electron chi connectivity index (χ1n) is 5.53. The first kappa shape index (κ1) is 11.9. The van der Waals surface area contributed by atoms with Gasteiger partial charge >= 0.3 is 0 Å². The van der Waals surface area contributed by atoms with Crippen molar-refractivity contribution in [2.24, 2.45) is 0 Å². The number of hydrogen-bond donors (Lipinski definition) is 1. The molecule has 5 heteroatoms. The lowest BCUT2D eigenvalue weighted by Crippen LogP contribution is -2.09. The van der Waals surface area contributed by atoms with E-state index in [0.29, 0.717) is 17.7 Å². The minimum Gasteiger partial charge on any atom is -0.377 e. The molecule has 0 radical (unpaired) electrons. The van der Waals surface area contributed by atoms with Crippen molar-refractivity contribution in [3.05, 3.63) is 41.7 Å². The Hall–Kier alpha value is -1.55. The van der Waals surface area contributed by atoms with E-state index in [2.05, 4.69) is 33.7 Å². The monoisotopic (exact) mass is 250 g/mol. The summed E-state index contributed by atoms with van der Waals surface area (Å²) in [6, 6.07) is 4.16. The molecule has 0 aliphatic carbocycles. The molecule has 2 aromatic rings. The van der Waals surface area contributed by atoms with Gasteiger partial charge in [0.25, 0.3) is 0 Å². The number of pyridine rings is 1. The van der Waals surface area contributed by atoms with Crippen LogP contribution in [0.4, 0.5) is 5.69 Å². The quantitative estimate of drug-likeness (QED) is 0.848. The summed E-state index contributed by atoms with van der Waals surface area (Å²) in [5, 5.41) is 3.74. The molecular weight excluding hydrogens is 236 g/mol. The van der Waals surface area contributed by atoms with E-state index in [1.165, 1.54) is 0 Å². The SMILES string of the molecule is CC(C)n1cncc1CNc1cccnc1Cl. The van der Waals surface area contributed by atoms with Crippen molar-refractivity contribution in [2.45, 2.75) is 26.4 Å². The summed E-state index contributed by atoms with van der Waals surface area (Å²) >= 11 is 5.97. The molecule has 0 saturated heterocycles. The topological polar surface area (TPSA) is 42.7 Å². The first-order valence-corrected chi connectivity index (χ1v) is 5.91. The van der Waals surface area contributed by atoms with Crippen molar-refractivity contribution < 1.29 is 0 Å². The molecule has 2 aromatic heterocycles. The van der Waals surface area contributed by atoms with E-state index < -0.39 is 0 Å². The lowest BCUT2D eigenvalue weighted by molar-refractivity contribution is 0.577. The zero-order chi connectivity index (χ0) is 12.3. The van der Waals surface area contributed by atoms with Gasteiger partial charge in [0, 0.05) is 18.4 Å². The van der Waals surface area contributed by atoms with E-state index in [4.69, 9.17) is 11.6 Å². The lowest BCUT2D eigenvalue weighted by atomic mass is 10.3. The third kappa shape index (κ3) is 2.77. The summed E-state index contributed by atoms with van der Waals surface area (Å²) in [6.45, 7) is 4.94. The van der Waals surface area contributed by atoms with Gasteiger partial charge in [-0.1, -0.05) is 11.6 Å². The van der Waals surface area contributed by atoms with Crippen LogP contribution < -0.4 is 5.32 Å². The predicted molar refractivity (Wildman–Crippen MR) is 69.2 cm³/mol. The third-order valence-electron chi connectivity index (χ3n) is 2.52. The molecule has 2 heterocycles. The highest BCUT2D eigenvalue weighted by atomic mass is 35.5. The lowest BCUT2D eigenvalue weighted by Gasteiger charge is -2.13. The van der Waals surface area contributed by atoms with Gasteiger partial charge in [-0.2, -0.15) is 0 Å². The van der Waals surface area contributed by atoms with E-state index in [1.807, 2.05) is 24.7 Å². The molecular formula is C12H15ClN4. The van der Waals surface area contributed by atoms with E-state index >= 15 is 0 Å². The van der Waals surface area contributed by atoms with Gasteiger partial charge in [0.2, 0.25) is 0 Å². The smallest absolute Gasteiger partial charge is 0.152 e. The Morgan fingerprint density at radius 2 is 2.29 bits per heavy atom. The standard InChI is InChI=1S/C12H15ClN4/c1-9(2)17-8-14-6-10(17)7-16-11-4-3-5-15-12(11)13/h3-6,8-9,16H,7H2,1-2H3. The number of nitrogens with one attached hydrogen (secondary N) is 1. The molecule has 90 valence electrons. The van der Waals surface area contributed by atoms with E-state index in [9.17, 15) is 0 Å². The Labute approximate surface area is 106 Å². The summed E-state index contributed by atoms with van der Waals surface area (Å²) in [5.41, 5.74) is 1.96. The van der Waals surface area contributed by atoms with Crippen LogP contribution in [0.25, 0.3) is 0 Å². The van der Waals surface area contributed by atoms with Crippen LogP contribution in [-0.2, 0) is 6.54 Å². The molecule has 0 aliphatic heterocycles. The second-order valence-corrected chi connectivity index (χ2v) is 4.44. The van der Waals surface area contributed by atoms with Gasteiger partial charge in [-0.3, -0.25) is 0 Å². The van der Waals surface area contributed by atoms with Crippen LogP contribution in [0.1, 0.15) is 25.6 Å². The van der Waals surface area contributed by atoms with Crippen LogP contribution in [0.2, 0.25) is 5.15 Å². The average molecular weight is 251 g/mol. The fraction of sp³-hybridized carbons (Fsp3) is 0.333. The molecule has 0 fully saturated rings. The van der Waals surface area contributed by atoms with E-state index in [-0.39, 0.29) is 0 Å². The largest absolute Gasteiger partial charge is 0.377 e. The van der Waals surface area contributed by atoms with Crippen LogP contribution >= 0.6 is 11.6 Å². The highest BCUT2D eigenvalue weighted by Crippen LogP contribution is 2.18. The maximum Gasteiger partial charge on any atom is 0.152 e. The number of nitrogens with zero attached hydrogens (tertiary/aromatic N) is 3. The van der Waals surface area contributed by atoms with Gasteiger partial charge < -0.3 is 9.88 Å². The van der Waals surface area contributed by atoms with Crippen LogP contribution in [0.5, 0.6) is 0 Å². The second kappa shape index (κ2) is 5.19. The molecule has 0 spiro atoms. The van der Waals surface area contributed by atoms with E-state index in [1.54, 1.807) is 6.20 Å². The number of anilines is 1. The van der Waals surface area contributed by atoms with Gasteiger partial charge in [-0.15, -0.1) is 0 Å². The molecule has 0 aliphatic rings. The first-order chi connectivity index (χ1) is 8.18. The highest BCUT2D eigenvalue weighted by molar-refractivity contribution is 6.31. The number of rotatable bonds is 4. The molecule has 0 atom stereocenters. The third-order valence-corrected chi connectivity index (χ3v) is 2.82. The Kier molecular flexibility index (Phi) is 3.64. The molecule has 0 amide bonds. The average Bonchev–Trinajstić information content (AvgIpc) is 2.76. The molecule has 1 N–H and O–H groups in total. The number of hydrogen-bond acceptors (Lipinski definition) is 3. The molecule has 0 bridgehead atoms. The molecule has 0 aromatic carbocycles. The summed E-state index contributed by atoms with van der Waals surface area (Å²) in [6.07, 6.45) is 5.37. The van der Waals surface area contributed by atoms with Crippen molar-refractivity contribution in [2.75, 3.05) is 5.32 Å². The maximum atomic E-state index is 5.97. The minimum absolute atomic E-state index is 0.402. The predicted octanol–water partition coefficient (Wildman–Crippen LogP) is 3.12. The summed E-state index contributed by atoms with van der Waals surface area (Å²) in [4.78, 5) is 8.17. The molecule has 2 rings (SSSR count). The highest BCUT2D eigenvalue weighted by Gasteiger charge is 2.06. The number of halogens is 1. The Balaban J connectivity index is 2.08. The Morgan fingerprint density at radius 3 is 3.00 bits per heavy atom. The van der Waals surface area contributed by atoms with Gasteiger partial charge in [-0.25, -0.2) is 9.97 Å². The summed E-state index contributed by atoms with van der Waals surface area (Å²) in [5.74, 6) is 0. The van der Waals surface area contributed by atoms with Crippen LogP contribution in [0, 0.1) is 0 Å². The fourth-order valence-electron chi connectivity index (χ4n) is 1.64. The Morgan fingerprint density at radius 1 is 1.47 bits per heavy atom. The van der Waals surface area contributed by atoms with E-state index in [0.717, 1.165) is 11.4 Å². The number of aromatic nitrogens is 3. The van der Waals surface area contributed by atoms with Crippen LogP contribution in [0.15, 0.2) is 30.9 Å². The molecule has 0 unspecified atom stereocenters. The van der Waals surface area contributed by atoms with Gasteiger partial charge in [0.15, 0.2) is 5.15 Å². The second-order valence-electron chi connectivity index (χ2n) is 4.08. The Bertz CT molecular complexity index is 493. The van der Waals surface area contributed by atoms with Crippen molar-refractivity contribution in [3.8, 4) is 0 Å². The summed E-state index contributed by atoms with van der Waals surface area (Å²) in [7, 11) is 0. The fourth-order valence-corrected chi connectivity index (χ4v) is 1.82.